The monoisotopic (exact) mass is 446 g/mol. The summed E-state index contributed by atoms with van der Waals surface area (Å²) in [5.74, 6) is -0.745. The van der Waals surface area contributed by atoms with Gasteiger partial charge >= 0.3 is 0 Å². The molecule has 29 heavy (non-hydrogen) atoms. The molecular formula is C20H16Cl2N4O2S. The number of carbonyl (C=O) groups excluding carboxylic acids is 2. The highest BCUT2D eigenvalue weighted by molar-refractivity contribution is 7.80. The highest BCUT2D eigenvalue weighted by Gasteiger charge is 2.47. The van der Waals surface area contributed by atoms with Crippen molar-refractivity contribution in [2.75, 3.05) is 11.9 Å². The number of nitrogens with zero attached hydrogens (tertiary/aromatic N) is 2. The largest absolute Gasteiger partial charge is 0.353 e. The first kappa shape index (κ1) is 21.1. The minimum atomic E-state index is -1.32. The van der Waals surface area contributed by atoms with Crippen LogP contribution in [0.5, 0.6) is 0 Å². The molecule has 1 heterocycles. The van der Waals surface area contributed by atoms with Gasteiger partial charge in [0.2, 0.25) is 5.91 Å². The van der Waals surface area contributed by atoms with E-state index in [0.717, 1.165) is 5.56 Å². The maximum atomic E-state index is 13.3. The van der Waals surface area contributed by atoms with Gasteiger partial charge in [-0.25, -0.2) is 0 Å². The molecule has 1 saturated heterocycles. The van der Waals surface area contributed by atoms with Crippen LogP contribution in [-0.4, -0.2) is 33.9 Å². The topological polar surface area (TPSA) is 85.2 Å². The first-order chi connectivity index (χ1) is 13.7. The molecule has 0 aromatic heterocycles. The molecule has 0 unspecified atom stereocenters. The van der Waals surface area contributed by atoms with Gasteiger partial charge in [-0.3, -0.25) is 14.5 Å². The summed E-state index contributed by atoms with van der Waals surface area (Å²) in [4.78, 5) is 27.1. The third kappa shape index (κ3) is 4.51. The predicted octanol–water partition coefficient (Wildman–Crippen LogP) is 3.52. The highest BCUT2D eigenvalue weighted by atomic mass is 35.5. The minimum Gasteiger partial charge on any atom is -0.353 e. The number of thiocarbonyl (C=S) groups is 1. The van der Waals surface area contributed by atoms with Crippen LogP contribution in [-0.2, 0) is 16.0 Å². The van der Waals surface area contributed by atoms with Crippen molar-refractivity contribution in [1.29, 1.82) is 5.26 Å². The van der Waals surface area contributed by atoms with E-state index in [1.165, 1.54) is 4.90 Å². The third-order valence-electron chi connectivity index (χ3n) is 4.58. The van der Waals surface area contributed by atoms with Gasteiger partial charge in [-0.1, -0.05) is 35.3 Å². The van der Waals surface area contributed by atoms with Crippen LogP contribution in [0.25, 0.3) is 0 Å². The average Bonchev–Trinajstić information content (AvgIpc) is 3.00. The van der Waals surface area contributed by atoms with Crippen LogP contribution in [0.4, 0.5) is 5.69 Å². The van der Waals surface area contributed by atoms with Crippen molar-refractivity contribution in [3.8, 4) is 6.07 Å². The van der Waals surface area contributed by atoms with Gasteiger partial charge in [0.25, 0.3) is 5.91 Å². The number of benzene rings is 2. The molecule has 1 aliphatic heterocycles. The Kier molecular flexibility index (Phi) is 6.08. The van der Waals surface area contributed by atoms with Crippen molar-refractivity contribution in [3.05, 3.63) is 63.6 Å². The summed E-state index contributed by atoms with van der Waals surface area (Å²) in [5.41, 5.74) is 0.362. The SMILES string of the molecule is C[C@@](Cc1ccc(C#N)cc1)(C(=O)Nc1cc(Cl)cc(Cl)c1)N1C(=O)CNC1=S. The second kappa shape index (κ2) is 8.37. The summed E-state index contributed by atoms with van der Waals surface area (Å²) in [7, 11) is 0. The van der Waals surface area contributed by atoms with E-state index in [9.17, 15) is 9.59 Å². The van der Waals surface area contributed by atoms with E-state index in [-0.39, 0.29) is 24.0 Å². The smallest absolute Gasteiger partial charge is 0.250 e. The lowest BCUT2D eigenvalue weighted by molar-refractivity contribution is -0.136. The van der Waals surface area contributed by atoms with E-state index in [0.29, 0.717) is 21.3 Å². The van der Waals surface area contributed by atoms with E-state index >= 15 is 0 Å². The second-order valence-corrected chi connectivity index (χ2v) is 8.02. The summed E-state index contributed by atoms with van der Waals surface area (Å²) in [5, 5.41) is 15.5. The number of nitrogens with one attached hydrogen (secondary N) is 2. The van der Waals surface area contributed by atoms with Gasteiger partial charge in [0.05, 0.1) is 18.2 Å². The van der Waals surface area contributed by atoms with Crippen LogP contribution >= 0.6 is 35.4 Å². The number of amides is 2. The van der Waals surface area contributed by atoms with Gasteiger partial charge in [0, 0.05) is 22.2 Å². The Morgan fingerprint density at radius 2 is 1.90 bits per heavy atom. The number of halogens is 2. The van der Waals surface area contributed by atoms with Crippen LogP contribution in [0, 0.1) is 11.3 Å². The maximum absolute atomic E-state index is 13.3. The van der Waals surface area contributed by atoms with Crippen molar-refractivity contribution in [2.45, 2.75) is 18.9 Å². The van der Waals surface area contributed by atoms with Crippen molar-refractivity contribution in [2.24, 2.45) is 0 Å². The molecule has 1 fully saturated rings. The predicted molar refractivity (Wildman–Crippen MR) is 116 cm³/mol. The molecule has 2 amide bonds. The zero-order valence-corrected chi connectivity index (χ0v) is 17.7. The Bertz CT molecular complexity index is 1000. The summed E-state index contributed by atoms with van der Waals surface area (Å²) < 4.78 is 0. The lowest BCUT2D eigenvalue weighted by Crippen LogP contribution is -2.58. The molecule has 0 saturated carbocycles. The van der Waals surface area contributed by atoms with Crippen molar-refractivity contribution >= 4 is 58.0 Å². The lowest BCUT2D eigenvalue weighted by atomic mass is 9.89. The Labute approximate surface area is 183 Å². The number of hydrogen-bond donors (Lipinski definition) is 2. The van der Waals surface area contributed by atoms with Crippen molar-refractivity contribution < 1.29 is 9.59 Å². The number of carbonyl (C=O) groups is 2. The number of anilines is 1. The lowest BCUT2D eigenvalue weighted by Gasteiger charge is -2.36. The molecule has 0 bridgehead atoms. The van der Waals surface area contributed by atoms with Gasteiger partial charge in [-0.15, -0.1) is 0 Å². The average molecular weight is 447 g/mol. The first-order valence-corrected chi connectivity index (χ1v) is 9.77. The normalized spacial score (nSPS) is 15.4. The van der Waals surface area contributed by atoms with Crippen LogP contribution in [0.1, 0.15) is 18.1 Å². The Hall–Kier alpha value is -2.66. The van der Waals surface area contributed by atoms with E-state index in [1.54, 1.807) is 49.4 Å². The van der Waals surface area contributed by atoms with Crippen molar-refractivity contribution in [1.82, 2.24) is 10.2 Å². The van der Waals surface area contributed by atoms with Gasteiger partial charge in [-0.2, -0.15) is 5.26 Å². The van der Waals surface area contributed by atoms with Gasteiger partial charge in [0.15, 0.2) is 5.11 Å². The molecule has 2 aromatic carbocycles. The van der Waals surface area contributed by atoms with Crippen LogP contribution in [0.3, 0.4) is 0 Å². The number of rotatable bonds is 5. The molecule has 0 spiro atoms. The molecule has 1 aliphatic rings. The second-order valence-electron chi connectivity index (χ2n) is 6.76. The van der Waals surface area contributed by atoms with Crippen molar-refractivity contribution in [3.63, 3.8) is 0 Å². The fourth-order valence-corrected chi connectivity index (χ4v) is 4.07. The summed E-state index contributed by atoms with van der Waals surface area (Å²) in [6.07, 6.45) is 0.187. The molecule has 0 aliphatic carbocycles. The minimum absolute atomic E-state index is 0.0259. The third-order valence-corrected chi connectivity index (χ3v) is 5.34. The standard InChI is InChI=1S/C20H16Cl2N4O2S/c1-20(26-17(27)11-24-19(26)29,9-12-2-4-13(10-23)5-3-12)18(28)25-16-7-14(21)6-15(22)8-16/h2-8H,9,11H2,1H3,(H,24,29)(H,25,28)/t20-/m1/s1. The van der Waals surface area contributed by atoms with Gasteiger partial charge in [0.1, 0.15) is 5.54 Å². The van der Waals surface area contributed by atoms with E-state index < -0.39 is 11.4 Å². The molecular weight excluding hydrogens is 431 g/mol. The number of hydrogen-bond acceptors (Lipinski definition) is 4. The van der Waals surface area contributed by atoms with Crippen LogP contribution in [0.2, 0.25) is 10.0 Å². The molecule has 6 nitrogen and oxygen atoms in total. The fourth-order valence-electron chi connectivity index (χ4n) is 3.17. The van der Waals surface area contributed by atoms with E-state index in [1.807, 2.05) is 0 Å². The molecule has 148 valence electrons. The van der Waals surface area contributed by atoms with Gasteiger partial charge in [-0.05, 0) is 55.0 Å². The van der Waals surface area contributed by atoms with E-state index in [2.05, 4.69) is 16.7 Å². The van der Waals surface area contributed by atoms with Gasteiger partial charge < -0.3 is 10.6 Å². The van der Waals surface area contributed by atoms with E-state index in [4.69, 9.17) is 40.7 Å². The zero-order valence-electron chi connectivity index (χ0n) is 15.3. The highest BCUT2D eigenvalue weighted by Crippen LogP contribution is 2.28. The zero-order chi connectivity index (χ0) is 21.2. The first-order valence-electron chi connectivity index (χ1n) is 8.60. The molecule has 2 aromatic rings. The van der Waals surface area contributed by atoms with Crippen LogP contribution in [0.15, 0.2) is 42.5 Å². The Morgan fingerprint density at radius 1 is 1.28 bits per heavy atom. The molecule has 1 atom stereocenters. The van der Waals surface area contributed by atoms with Crippen LogP contribution < -0.4 is 10.6 Å². The summed E-state index contributed by atoms with van der Waals surface area (Å²) in [6, 6.07) is 13.6. The molecule has 2 N–H and O–H groups in total. The summed E-state index contributed by atoms with van der Waals surface area (Å²) in [6.45, 7) is 1.67. The quantitative estimate of drug-likeness (QED) is 0.686. The summed E-state index contributed by atoms with van der Waals surface area (Å²) >= 11 is 17.3. The maximum Gasteiger partial charge on any atom is 0.250 e. The molecule has 0 radical (unpaired) electrons. The Balaban J connectivity index is 1.97. The molecule has 3 rings (SSSR count). The number of nitriles is 1. The fraction of sp³-hybridized carbons (Fsp3) is 0.200. The Morgan fingerprint density at radius 3 is 2.41 bits per heavy atom. The molecule has 9 heteroatoms.